The van der Waals surface area contributed by atoms with Crippen molar-refractivity contribution in [2.75, 3.05) is 0 Å². The summed E-state index contributed by atoms with van der Waals surface area (Å²) in [7, 11) is 0. The quantitative estimate of drug-likeness (QED) is 0.800. The molecule has 26 heavy (non-hydrogen) atoms. The van der Waals surface area contributed by atoms with Gasteiger partial charge in [-0.1, -0.05) is 19.3 Å². The number of carbonyl (C=O) groups is 2. The summed E-state index contributed by atoms with van der Waals surface area (Å²) in [5.41, 5.74) is 0.483. The van der Waals surface area contributed by atoms with Crippen LogP contribution >= 0.6 is 0 Å². The first-order chi connectivity index (χ1) is 12.6. The SMILES string of the molecule is O=C(N[C@H]1CCCCC[C@H]1C(=O)O)c1ccc(Oc2cccnc2)cc1. The number of rotatable bonds is 5. The number of hydrogen-bond donors (Lipinski definition) is 2. The first kappa shape index (κ1) is 17.9. The average molecular weight is 354 g/mol. The van der Waals surface area contributed by atoms with Crippen molar-refractivity contribution in [3.63, 3.8) is 0 Å². The Bertz CT molecular complexity index is 746. The lowest BCUT2D eigenvalue weighted by atomic mass is 9.94. The zero-order valence-electron chi connectivity index (χ0n) is 14.4. The predicted octanol–water partition coefficient (Wildman–Crippen LogP) is 3.64. The molecular formula is C20H22N2O4. The van der Waals surface area contributed by atoms with Crippen molar-refractivity contribution in [2.45, 2.75) is 38.1 Å². The van der Waals surface area contributed by atoms with Gasteiger partial charge in [-0.2, -0.15) is 0 Å². The van der Waals surface area contributed by atoms with E-state index in [0.29, 0.717) is 29.9 Å². The second kappa shape index (κ2) is 8.47. The van der Waals surface area contributed by atoms with Crippen LogP contribution in [0.15, 0.2) is 48.8 Å². The van der Waals surface area contributed by atoms with Gasteiger partial charge in [0.15, 0.2) is 0 Å². The number of ether oxygens (including phenoxy) is 1. The molecule has 1 aliphatic carbocycles. The molecular weight excluding hydrogens is 332 g/mol. The number of amides is 1. The normalized spacial score (nSPS) is 20.0. The van der Waals surface area contributed by atoms with Gasteiger partial charge in [-0.15, -0.1) is 0 Å². The Morgan fingerprint density at radius 3 is 2.50 bits per heavy atom. The van der Waals surface area contributed by atoms with Gasteiger partial charge in [-0.05, 0) is 49.2 Å². The van der Waals surface area contributed by atoms with Gasteiger partial charge in [0.05, 0.1) is 12.1 Å². The summed E-state index contributed by atoms with van der Waals surface area (Å²) < 4.78 is 5.66. The molecule has 0 saturated heterocycles. The molecule has 1 fully saturated rings. The van der Waals surface area contributed by atoms with Gasteiger partial charge in [-0.25, -0.2) is 0 Å². The number of aliphatic carboxylic acids is 1. The van der Waals surface area contributed by atoms with Gasteiger partial charge in [0.2, 0.25) is 0 Å². The van der Waals surface area contributed by atoms with Crippen LogP contribution < -0.4 is 10.1 Å². The molecule has 2 N–H and O–H groups in total. The van der Waals surface area contributed by atoms with Crippen LogP contribution in [-0.2, 0) is 4.79 Å². The van der Waals surface area contributed by atoms with E-state index in [9.17, 15) is 14.7 Å². The molecule has 0 spiro atoms. The van der Waals surface area contributed by atoms with Gasteiger partial charge >= 0.3 is 5.97 Å². The highest BCUT2D eigenvalue weighted by Crippen LogP contribution is 2.25. The molecule has 2 aromatic rings. The van der Waals surface area contributed by atoms with E-state index in [4.69, 9.17) is 4.74 Å². The van der Waals surface area contributed by atoms with E-state index in [0.717, 1.165) is 19.3 Å². The number of hydrogen-bond acceptors (Lipinski definition) is 4. The van der Waals surface area contributed by atoms with Crippen molar-refractivity contribution >= 4 is 11.9 Å². The molecule has 1 aromatic heterocycles. The molecule has 136 valence electrons. The Labute approximate surface area is 152 Å². The van der Waals surface area contributed by atoms with E-state index in [2.05, 4.69) is 10.3 Å². The van der Waals surface area contributed by atoms with Gasteiger partial charge in [0, 0.05) is 17.8 Å². The summed E-state index contributed by atoms with van der Waals surface area (Å²) in [6.07, 6.45) is 7.42. The largest absolute Gasteiger partial charge is 0.481 e. The van der Waals surface area contributed by atoms with Crippen LogP contribution in [0.25, 0.3) is 0 Å². The van der Waals surface area contributed by atoms with Gasteiger partial charge in [0.25, 0.3) is 5.91 Å². The number of carboxylic acids is 1. The zero-order chi connectivity index (χ0) is 18.4. The summed E-state index contributed by atoms with van der Waals surface area (Å²) in [5.74, 6) is -0.386. The van der Waals surface area contributed by atoms with E-state index < -0.39 is 11.9 Å². The lowest BCUT2D eigenvalue weighted by molar-refractivity contribution is -0.142. The number of carboxylic acid groups (broad SMARTS) is 1. The lowest BCUT2D eigenvalue weighted by Crippen LogP contribution is -2.42. The van der Waals surface area contributed by atoms with Crippen molar-refractivity contribution < 1.29 is 19.4 Å². The molecule has 3 rings (SSSR count). The molecule has 1 aromatic carbocycles. The van der Waals surface area contributed by atoms with E-state index >= 15 is 0 Å². The minimum absolute atomic E-state index is 0.254. The summed E-state index contributed by atoms with van der Waals surface area (Å²) in [4.78, 5) is 28.0. The highest BCUT2D eigenvalue weighted by Gasteiger charge is 2.30. The minimum atomic E-state index is -0.836. The van der Waals surface area contributed by atoms with Crippen LogP contribution in [0.5, 0.6) is 11.5 Å². The van der Waals surface area contributed by atoms with Gasteiger partial charge < -0.3 is 15.2 Å². The number of pyridine rings is 1. The van der Waals surface area contributed by atoms with Crippen molar-refractivity contribution in [1.29, 1.82) is 0 Å². The number of carbonyl (C=O) groups excluding carboxylic acids is 1. The number of benzene rings is 1. The summed E-state index contributed by atoms with van der Waals surface area (Å²) in [6.45, 7) is 0. The Hall–Kier alpha value is -2.89. The Morgan fingerprint density at radius 1 is 1.04 bits per heavy atom. The fraction of sp³-hybridized carbons (Fsp3) is 0.350. The fourth-order valence-corrected chi connectivity index (χ4v) is 3.25. The minimum Gasteiger partial charge on any atom is -0.481 e. The maximum Gasteiger partial charge on any atom is 0.308 e. The van der Waals surface area contributed by atoms with Crippen LogP contribution in [0, 0.1) is 5.92 Å². The molecule has 2 atom stereocenters. The molecule has 1 heterocycles. The Kier molecular flexibility index (Phi) is 5.84. The van der Waals surface area contributed by atoms with Crippen molar-refractivity contribution in [2.24, 2.45) is 5.92 Å². The second-order valence-corrected chi connectivity index (χ2v) is 6.48. The third kappa shape index (κ3) is 4.59. The number of aromatic nitrogens is 1. The second-order valence-electron chi connectivity index (χ2n) is 6.48. The zero-order valence-corrected chi connectivity index (χ0v) is 14.4. The summed E-state index contributed by atoms with van der Waals surface area (Å²) >= 11 is 0. The molecule has 1 aliphatic rings. The Morgan fingerprint density at radius 2 is 1.81 bits per heavy atom. The van der Waals surface area contributed by atoms with E-state index in [1.165, 1.54) is 0 Å². The number of nitrogens with one attached hydrogen (secondary N) is 1. The molecule has 0 radical (unpaired) electrons. The van der Waals surface area contributed by atoms with E-state index in [-0.39, 0.29) is 11.9 Å². The van der Waals surface area contributed by atoms with E-state index in [1.807, 2.05) is 0 Å². The van der Waals surface area contributed by atoms with Gasteiger partial charge in [0.1, 0.15) is 11.5 Å². The smallest absolute Gasteiger partial charge is 0.308 e. The average Bonchev–Trinajstić information content (AvgIpc) is 2.89. The summed E-state index contributed by atoms with van der Waals surface area (Å²) in [6, 6.07) is 10.0. The highest BCUT2D eigenvalue weighted by atomic mass is 16.5. The monoisotopic (exact) mass is 354 g/mol. The third-order valence-electron chi connectivity index (χ3n) is 4.64. The highest BCUT2D eigenvalue weighted by molar-refractivity contribution is 5.94. The Balaban J connectivity index is 1.64. The fourth-order valence-electron chi connectivity index (χ4n) is 3.25. The van der Waals surface area contributed by atoms with Crippen LogP contribution in [0.4, 0.5) is 0 Å². The maximum atomic E-state index is 12.5. The van der Waals surface area contributed by atoms with Crippen LogP contribution in [0.2, 0.25) is 0 Å². The van der Waals surface area contributed by atoms with Gasteiger partial charge in [-0.3, -0.25) is 14.6 Å². The van der Waals surface area contributed by atoms with Crippen LogP contribution in [0.3, 0.4) is 0 Å². The standard InChI is InChI=1S/C20H22N2O4/c23-19(22-18-7-3-1-2-6-17(18)20(24)25)14-8-10-15(11-9-14)26-16-5-4-12-21-13-16/h4-5,8-13,17-18H,1-3,6-7H2,(H,22,23)(H,24,25)/t17-,18+/m1/s1. The lowest BCUT2D eigenvalue weighted by Gasteiger charge is -2.23. The van der Waals surface area contributed by atoms with Crippen molar-refractivity contribution in [3.05, 3.63) is 54.4 Å². The third-order valence-corrected chi connectivity index (χ3v) is 4.64. The topological polar surface area (TPSA) is 88.5 Å². The molecule has 6 nitrogen and oxygen atoms in total. The van der Waals surface area contributed by atoms with Crippen molar-refractivity contribution in [3.8, 4) is 11.5 Å². The molecule has 0 aliphatic heterocycles. The first-order valence-electron chi connectivity index (χ1n) is 8.85. The predicted molar refractivity (Wildman–Crippen MR) is 96.2 cm³/mol. The molecule has 0 bridgehead atoms. The summed E-state index contributed by atoms with van der Waals surface area (Å²) in [5, 5.41) is 12.3. The van der Waals surface area contributed by atoms with E-state index in [1.54, 1.807) is 48.8 Å². The first-order valence-corrected chi connectivity index (χ1v) is 8.85. The van der Waals surface area contributed by atoms with Crippen LogP contribution in [-0.4, -0.2) is 28.0 Å². The molecule has 6 heteroatoms. The van der Waals surface area contributed by atoms with Crippen molar-refractivity contribution in [1.82, 2.24) is 10.3 Å². The van der Waals surface area contributed by atoms with Crippen LogP contribution in [0.1, 0.15) is 42.5 Å². The number of nitrogens with zero attached hydrogens (tertiary/aromatic N) is 1. The molecule has 1 saturated carbocycles. The molecule has 1 amide bonds. The maximum absolute atomic E-state index is 12.5. The molecule has 0 unspecified atom stereocenters.